The molecule has 1 rings (SSSR count). The lowest BCUT2D eigenvalue weighted by Gasteiger charge is -2.14. The molecule has 1 N–H and O–H groups in total. The third-order valence-electron chi connectivity index (χ3n) is 2.52. The van der Waals surface area contributed by atoms with Crippen molar-refractivity contribution >= 4 is 33.8 Å². The zero-order valence-corrected chi connectivity index (χ0v) is 11.8. The summed E-state index contributed by atoms with van der Waals surface area (Å²) in [5.41, 5.74) is 1.98. The molecule has 4 nitrogen and oxygen atoms in total. The standard InChI is InChI=1S/C14H12BrNO3/c1-9(17)14(15)13-10(5-6-12(18)19)3-2-4-11(13)7-8-16/h2-6,14H,7H2,1H3,(H,18,19). The molecule has 5 heteroatoms. The molecule has 1 aromatic carbocycles. The molecule has 1 aromatic rings. The van der Waals surface area contributed by atoms with Gasteiger partial charge >= 0.3 is 5.97 Å². The van der Waals surface area contributed by atoms with Gasteiger partial charge in [-0.25, -0.2) is 4.79 Å². The number of hydrogen-bond donors (Lipinski definition) is 1. The molecule has 98 valence electrons. The minimum Gasteiger partial charge on any atom is -0.478 e. The summed E-state index contributed by atoms with van der Waals surface area (Å²) in [5.74, 6) is -1.17. The highest BCUT2D eigenvalue weighted by molar-refractivity contribution is 9.09. The van der Waals surface area contributed by atoms with Crippen molar-refractivity contribution in [1.82, 2.24) is 0 Å². The van der Waals surface area contributed by atoms with Crippen molar-refractivity contribution in [3.05, 3.63) is 41.0 Å². The quantitative estimate of drug-likeness (QED) is 0.668. The average molecular weight is 322 g/mol. The van der Waals surface area contributed by atoms with E-state index in [-0.39, 0.29) is 12.2 Å². The molecular formula is C14H12BrNO3. The fourth-order valence-corrected chi connectivity index (χ4v) is 2.25. The fraction of sp³-hybridized carbons (Fsp3) is 0.214. The largest absolute Gasteiger partial charge is 0.478 e. The van der Waals surface area contributed by atoms with Crippen molar-refractivity contribution in [2.75, 3.05) is 0 Å². The monoisotopic (exact) mass is 321 g/mol. The van der Waals surface area contributed by atoms with Crippen molar-refractivity contribution in [2.24, 2.45) is 0 Å². The fourth-order valence-electron chi connectivity index (χ4n) is 1.69. The number of alkyl halides is 1. The van der Waals surface area contributed by atoms with Gasteiger partial charge in [-0.05, 0) is 29.7 Å². The van der Waals surface area contributed by atoms with E-state index < -0.39 is 10.8 Å². The summed E-state index contributed by atoms with van der Waals surface area (Å²) in [4.78, 5) is 21.6. The van der Waals surface area contributed by atoms with Crippen molar-refractivity contribution < 1.29 is 14.7 Å². The summed E-state index contributed by atoms with van der Waals surface area (Å²) < 4.78 is 0. The van der Waals surface area contributed by atoms with Gasteiger partial charge in [-0.1, -0.05) is 34.1 Å². The number of Topliss-reactive ketones (excluding diaryl/α,β-unsaturated/α-hetero) is 1. The van der Waals surface area contributed by atoms with Crippen LogP contribution in [0.5, 0.6) is 0 Å². The molecule has 0 radical (unpaired) electrons. The molecule has 0 aromatic heterocycles. The molecule has 0 heterocycles. The normalized spacial score (nSPS) is 12.1. The van der Waals surface area contributed by atoms with Crippen molar-refractivity contribution in [3.8, 4) is 6.07 Å². The van der Waals surface area contributed by atoms with E-state index in [4.69, 9.17) is 10.4 Å². The zero-order chi connectivity index (χ0) is 14.4. The number of carbonyl (C=O) groups is 2. The Balaban J connectivity index is 3.38. The van der Waals surface area contributed by atoms with Crippen LogP contribution in [-0.2, 0) is 16.0 Å². The third kappa shape index (κ3) is 4.04. The first-order valence-corrected chi connectivity index (χ1v) is 6.43. The molecule has 0 fully saturated rings. The van der Waals surface area contributed by atoms with E-state index in [2.05, 4.69) is 15.9 Å². The third-order valence-corrected chi connectivity index (χ3v) is 3.62. The van der Waals surface area contributed by atoms with Crippen LogP contribution in [-0.4, -0.2) is 16.9 Å². The molecule has 0 bridgehead atoms. The molecule has 19 heavy (non-hydrogen) atoms. The van der Waals surface area contributed by atoms with E-state index >= 15 is 0 Å². The minimum atomic E-state index is -1.06. The lowest BCUT2D eigenvalue weighted by atomic mass is 9.94. The molecule has 0 spiro atoms. The van der Waals surface area contributed by atoms with Crippen LogP contribution < -0.4 is 0 Å². The first kappa shape index (κ1) is 15.1. The number of carbonyl (C=O) groups excluding carboxylic acids is 1. The van der Waals surface area contributed by atoms with E-state index in [1.54, 1.807) is 18.2 Å². The number of carboxylic acid groups (broad SMARTS) is 1. The molecule has 0 amide bonds. The Morgan fingerprint density at radius 3 is 2.74 bits per heavy atom. The van der Waals surface area contributed by atoms with Crippen LogP contribution in [0.2, 0.25) is 0 Å². The number of aliphatic carboxylic acids is 1. The molecule has 0 aliphatic rings. The smallest absolute Gasteiger partial charge is 0.328 e. The summed E-state index contributed by atoms with van der Waals surface area (Å²) in [6.45, 7) is 1.44. The van der Waals surface area contributed by atoms with E-state index in [9.17, 15) is 9.59 Å². The Hall–Kier alpha value is -1.93. The highest BCUT2D eigenvalue weighted by atomic mass is 79.9. The summed E-state index contributed by atoms with van der Waals surface area (Å²) in [6.07, 6.45) is 2.60. The Morgan fingerprint density at radius 2 is 2.21 bits per heavy atom. The van der Waals surface area contributed by atoms with Crippen LogP contribution in [0.3, 0.4) is 0 Å². The number of nitriles is 1. The van der Waals surface area contributed by atoms with Gasteiger partial charge in [0.1, 0.15) is 5.78 Å². The lowest BCUT2D eigenvalue weighted by Crippen LogP contribution is -2.07. The maximum atomic E-state index is 11.5. The number of ketones is 1. The van der Waals surface area contributed by atoms with E-state index in [0.29, 0.717) is 16.7 Å². The Morgan fingerprint density at radius 1 is 1.53 bits per heavy atom. The van der Waals surface area contributed by atoms with Crippen molar-refractivity contribution in [2.45, 2.75) is 18.2 Å². The van der Waals surface area contributed by atoms with Crippen molar-refractivity contribution in [3.63, 3.8) is 0 Å². The average Bonchev–Trinajstić information content (AvgIpc) is 2.36. The minimum absolute atomic E-state index is 0.102. The number of hydrogen-bond acceptors (Lipinski definition) is 3. The van der Waals surface area contributed by atoms with Crippen molar-refractivity contribution in [1.29, 1.82) is 5.26 Å². The second-order valence-corrected chi connectivity index (χ2v) is 4.82. The number of rotatable bonds is 5. The predicted molar refractivity (Wildman–Crippen MR) is 74.8 cm³/mol. The Kier molecular flexibility index (Phi) is 5.46. The van der Waals surface area contributed by atoms with Crippen LogP contribution >= 0.6 is 15.9 Å². The van der Waals surface area contributed by atoms with Gasteiger partial charge < -0.3 is 5.11 Å². The van der Waals surface area contributed by atoms with Gasteiger partial charge in [0.25, 0.3) is 0 Å². The molecule has 1 atom stereocenters. The molecule has 1 unspecified atom stereocenters. The lowest BCUT2D eigenvalue weighted by molar-refractivity contribution is -0.131. The summed E-state index contributed by atoms with van der Waals surface area (Å²) in [6, 6.07) is 7.24. The Labute approximate surface area is 119 Å². The second kappa shape index (κ2) is 6.86. The molecular weight excluding hydrogens is 310 g/mol. The second-order valence-electron chi connectivity index (χ2n) is 3.90. The van der Waals surface area contributed by atoms with Gasteiger partial charge in [-0.15, -0.1) is 0 Å². The summed E-state index contributed by atoms with van der Waals surface area (Å²) in [7, 11) is 0. The number of halogens is 1. The first-order chi connectivity index (χ1) is 8.97. The number of nitrogens with zero attached hydrogens (tertiary/aromatic N) is 1. The topological polar surface area (TPSA) is 78.2 Å². The maximum Gasteiger partial charge on any atom is 0.328 e. The Bertz CT molecular complexity index is 573. The summed E-state index contributed by atoms with van der Waals surface area (Å²) in [5, 5.41) is 17.5. The van der Waals surface area contributed by atoms with Gasteiger partial charge in [0.15, 0.2) is 0 Å². The van der Waals surface area contributed by atoms with Crippen LogP contribution in [0.4, 0.5) is 0 Å². The SMILES string of the molecule is CC(=O)C(Br)c1c(C=CC(=O)O)cccc1CC#N. The van der Waals surface area contributed by atoms with Gasteiger partial charge in [-0.3, -0.25) is 4.79 Å². The van der Waals surface area contributed by atoms with Crippen LogP contribution in [0, 0.1) is 11.3 Å². The highest BCUT2D eigenvalue weighted by Gasteiger charge is 2.19. The highest BCUT2D eigenvalue weighted by Crippen LogP contribution is 2.31. The number of benzene rings is 1. The van der Waals surface area contributed by atoms with Gasteiger partial charge in [0.2, 0.25) is 0 Å². The van der Waals surface area contributed by atoms with Gasteiger partial charge in [-0.2, -0.15) is 5.26 Å². The van der Waals surface area contributed by atoms with Crippen LogP contribution in [0.25, 0.3) is 6.08 Å². The van der Waals surface area contributed by atoms with Gasteiger partial charge in [0.05, 0.1) is 17.3 Å². The molecule has 0 saturated carbocycles. The van der Waals surface area contributed by atoms with E-state index in [1.165, 1.54) is 13.0 Å². The van der Waals surface area contributed by atoms with Crippen LogP contribution in [0.1, 0.15) is 28.4 Å². The van der Waals surface area contributed by atoms with Crippen LogP contribution in [0.15, 0.2) is 24.3 Å². The predicted octanol–water partition coefficient (Wildman–Crippen LogP) is 2.88. The molecule has 0 saturated heterocycles. The zero-order valence-electron chi connectivity index (χ0n) is 10.3. The van der Waals surface area contributed by atoms with Gasteiger partial charge in [0, 0.05) is 6.08 Å². The first-order valence-electron chi connectivity index (χ1n) is 5.51. The van der Waals surface area contributed by atoms with E-state index in [0.717, 1.165) is 6.08 Å². The van der Waals surface area contributed by atoms with E-state index in [1.807, 2.05) is 6.07 Å². The molecule has 0 aliphatic heterocycles. The maximum absolute atomic E-state index is 11.5. The number of carboxylic acids is 1. The summed E-state index contributed by atoms with van der Waals surface area (Å²) >= 11 is 3.29. The molecule has 0 aliphatic carbocycles.